The van der Waals surface area contributed by atoms with Crippen molar-refractivity contribution in [1.82, 2.24) is 12.7 Å². The van der Waals surface area contributed by atoms with Gasteiger partial charge in [-0.05, 0) is 20.9 Å². The highest BCUT2D eigenvalue weighted by Gasteiger charge is 2.37. The maximum absolute atomic E-state index is 14.9. The molecule has 0 saturated carbocycles. The Morgan fingerprint density at radius 1 is 1.27 bits per heavy atom. The molecule has 2 unspecified atom stereocenters. The van der Waals surface area contributed by atoms with E-state index in [0.717, 1.165) is 15.9 Å². The van der Waals surface area contributed by atoms with Crippen LogP contribution in [0.4, 0.5) is 14.6 Å². The monoisotopic (exact) mass is 476 g/mol. The summed E-state index contributed by atoms with van der Waals surface area (Å²) in [5.74, 6) is -1.18. The Hall–Kier alpha value is -1.49. The summed E-state index contributed by atoms with van der Waals surface area (Å²) in [6.07, 6.45) is 0.667. The number of hydrogen-bond acceptors (Lipinski definition) is 5. The van der Waals surface area contributed by atoms with Crippen molar-refractivity contribution in [3.63, 3.8) is 0 Å². The molecule has 0 aliphatic carbocycles. The van der Waals surface area contributed by atoms with Crippen LogP contribution >= 0.6 is 22.9 Å². The molecule has 140 valence electrons. The van der Waals surface area contributed by atoms with E-state index in [-0.39, 0.29) is 34.3 Å². The maximum atomic E-state index is 14.9. The summed E-state index contributed by atoms with van der Waals surface area (Å²) in [5.41, 5.74) is -0.700. The summed E-state index contributed by atoms with van der Waals surface area (Å²) in [4.78, 5) is 20.9. The van der Waals surface area contributed by atoms with E-state index < -0.39 is 17.3 Å². The van der Waals surface area contributed by atoms with Gasteiger partial charge in [0.2, 0.25) is 0 Å². The number of piperazine rings is 1. The van der Waals surface area contributed by atoms with Gasteiger partial charge in [0.25, 0.3) is 0 Å². The molecule has 2 aromatic rings. The lowest BCUT2D eigenvalue weighted by Crippen LogP contribution is -2.58. The van der Waals surface area contributed by atoms with Gasteiger partial charge in [-0.2, -0.15) is 4.98 Å². The highest BCUT2D eigenvalue weighted by Crippen LogP contribution is 2.41. The van der Waals surface area contributed by atoms with E-state index in [9.17, 15) is 13.6 Å². The third kappa shape index (κ3) is 2.50. The van der Waals surface area contributed by atoms with Gasteiger partial charge in [0.1, 0.15) is 11.3 Å². The largest absolute Gasteiger partial charge is 0.490 e. The Morgan fingerprint density at radius 2 is 2.00 bits per heavy atom. The van der Waals surface area contributed by atoms with Gasteiger partial charge >= 0.3 is 5.69 Å². The molecule has 1 aromatic heterocycles. The van der Waals surface area contributed by atoms with Crippen LogP contribution in [0.3, 0.4) is 0 Å². The molecule has 1 fully saturated rings. The van der Waals surface area contributed by atoms with Crippen LogP contribution in [-0.2, 0) is 0 Å². The van der Waals surface area contributed by atoms with Gasteiger partial charge in [-0.3, -0.25) is 0 Å². The molecule has 6 nitrogen and oxygen atoms in total. The Morgan fingerprint density at radius 3 is 2.73 bits per heavy atom. The Labute approximate surface area is 163 Å². The molecule has 2 aliphatic rings. The fourth-order valence-electron chi connectivity index (χ4n) is 4.10. The van der Waals surface area contributed by atoms with E-state index in [0.29, 0.717) is 18.8 Å². The highest BCUT2D eigenvalue weighted by atomic mass is 127. The number of ether oxygens (including phenoxy) is 1. The number of halogens is 3. The smallest absolute Gasteiger partial charge is 0.359 e. The molecule has 26 heavy (non-hydrogen) atoms. The minimum Gasteiger partial charge on any atom is -0.490 e. The van der Waals surface area contributed by atoms with Crippen LogP contribution in [0.2, 0.25) is 0 Å². The lowest BCUT2D eigenvalue weighted by Gasteiger charge is -2.46. The molecular formula is C17H19F2IN4O2. The number of nitrogens with zero attached hydrogens (tertiary/aromatic N) is 4. The van der Waals surface area contributed by atoms with Crippen molar-refractivity contribution in [1.29, 1.82) is 0 Å². The number of rotatable bonds is 0. The second kappa shape index (κ2) is 6.29. The number of aromatic nitrogens is 2. The molecule has 4 rings (SSSR count). The molecule has 2 atom stereocenters. The van der Waals surface area contributed by atoms with Crippen molar-refractivity contribution in [3.05, 3.63) is 27.7 Å². The molecule has 0 radical (unpaired) electrons. The molecule has 9 heteroatoms. The average Bonchev–Trinajstić information content (AvgIpc) is 2.56. The van der Waals surface area contributed by atoms with Gasteiger partial charge in [0.05, 0.1) is 34.9 Å². The van der Waals surface area contributed by atoms with E-state index >= 15 is 0 Å². The molecule has 0 amide bonds. The Bertz CT molecular complexity index is 964. The zero-order chi connectivity index (χ0) is 18.7. The van der Waals surface area contributed by atoms with Gasteiger partial charge < -0.3 is 14.5 Å². The van der Waals surface area contributed by atoms with E-state index in [1.54, 1.807) is 22.9 Å². The van der Waals surface area contributed by atoms with E-state index in [2.05, 4.69) is 9.88 Å². The van der Waals surface area contributed by atoms with Crippen molar-refractivity contribution in [2.24, 2.45) is 0 Å². The second-order valence-corrected chi connectivity index (χ2v) is 8.04. The third-order valence-corrected chi connectivity index (χ3v) is 6.12. The molecular weight excluding hydrogens is 457 g/mol. The zero-order valence-electron chi connectivity index (χ0n) is 14.7. The summed E-state index contributed by atoms with van der Waals surface area (Å²) in [6, 6.07) is 0.113. The molecule has 3 heterocycles. The van der Waals surface area contributed by atoms with E-state index in [4.69, 9.17) is 4.74 Å². The molecule has 1 saturated heterocycles. The first-order chi connectivity index (χ1) is 12.3. The molecule has 0 bridgehead atoms. The van der Waals surface area contributed by atoms with Gasteiger partial charge in [0, 0.05) is 37.2 Å². The van der Waals surface area contributed by atoms with E-state index in [1.807, 2.05) is 18.9 Å². The van der Waals surface area contributed by atoms with Crippen molar-refractivity contribution < 1.29 is 13.5 Å². The first-order valence-corrected chi connectivity index (χ1v) is 9.47. The summed E-state index contributed by atoms with van der Waals surface area (Å²) in [7, 11) is 2.04. The Kier molecular flexibility index (Phi) is 4.33. The first kappa shape index (κ1) is 17.9. The average molecular weight is 476 g/mol. The fraction of sp³-hybridized carbons (Fsp3) is 0.529. The number of hydrogen-bond donors (Lipinski definition) is 0. The normalized spacial score (nSPS) is 23.4. The number of benzene rings is 1. The molecule has 1 aromatic carbocycles. The molecule has 0 N–H and O–H groups in total. The highest BCUT2D eigenvalue weighted by molar-refractivity contribution is 14.1. The Balaban J connectivity index is 2.12. The summed E-state index contributed by atoms with van der Waals surface area (Å²) in [6.45, 7) is 5.26. The third-order valence-electron chi connectivity index (χ3n) is 5.23. The SMILES string of the molecule is Cc1c(F)c2c3c(nc(=O)n(I)c3c1F)N1C(C)CN(C)CC1CCO2. The first-order valence-electron chi connectivity index (χ1n) is 8.51. The van der Waals surface area contributed by atoms with Gasteiger partial charge in [0.15, 0.2) is 17.4 Å². The van der Waals surface area contributed by atoms with Crippen molar-refractivity contribution in [3.8, 4) is 5.75 Å². The predicted molar refractivity (Wildman–Crippen MR) is 103 cm³/mol. The number of likely N-dealkylation sites (N-methyl/N-ethyl adjacent to an activating group) is 1. The van der Waals surface area contributed by atoms with Gasteiger partial charge in [-0.15, -0.1) is 0 Å². The fourth-order valence-corrected chi connectivity index (χ4v) is 4.66. The van der Waals surface area contributed by atoms with Crippen LogP contribution in [-0.4, -0.2) is 51.5 Å². The van der Waals surface area contributed by atoms with Crippen molar-refractivity contribution in [2.75, 3.05) is 31.6 Å². The molecule has 2 aliphatic heterocycles. The number of fused-ring (bicyclic) bond motifs is 2. The summed E-state index contributed by atoms with van der Waals surface area (Å²) in [5, 5.41) is 0.237. The second-order valence-electron chi connectivity index (χ2n) is 7.07. The van der Waals surface area contributed by atoms with Crippen LogP contribution in [0, 0.1) is 18.6 Å². The summed E-state index contributed by atoms with van der Waals surface area (Å²) >= 11 is 1.71. The maximum Gasteiger partial charge on any atom is 0.359 e. The van der Waals surface area contributed by atoms with Crippen LogP contribution in [0.25, 0.3) is 10.9 Å². The minimum absolute atomic E-state index is 0.0172. The lowest BCUT2D eigenvalue weighted by molar-refractivity contribution is 0.199. The van der Waals surface area contributed by atoms with Gasteiger partial charge in [-0.25, -0.2) is 16.4 Å². The van der Waals surface area contributed by atoms with Crippen LogP contribution < -0.4 is 15.3 Å². The minimum atomic E-state index is -0.751. The standard InChI is InChI=1S/C17H19F2IN4O2/c1-8-6-22(3)7-10-4-5-26-15-11-14(12(18)9(2)13(15)19)24(20)17(25)21-16(11)23(8)10/h8,10H,4-7H2,1-3H3. The van der Waals surface area contributed by atoms with Crippen LogP contribution in [0.15, 0.2) is 4.79 Å². The topological polar surface area (TPSA) is 50.6 Å². The quantitative estimate of drug-likeness (QED) is 0.548. The predicted octanol–water partition coefficient (Wildman–Crippen LogP) is 2.47. The number of anilines is 1. The molecule has 0 spiro atoms. The van der Waals surface area contributed by atoms with Crippen molar-refractivity contribution in [2.45, 2.75) is 32.4 Å². The van der Waals surface area contributed by atoms with Crippen LogP contribution in [0.1, 0.15) is 18.9 Å². The van der Waals surface area contributed by atoms with Crippen molar-refractivity contribution >= 4 is 39.6 Å². The van der Waals surface area contributed by atoms with E-state index in [1.165, 1.54) is 6.92 Å². The zero-order valence-corrected chi connectivity index (χ0v) is 16.9. The lowest BCUT2D eigenvalue weighted by atomic mass is 10.0. The summed E-state index contributed by atoms with van der Waals surface area (Å²) < 4.78 is 36.6. The van der Waals surface area contributed by atoms with Crippen LogP contribution in [0.5, 0.6) is 5.75 Å². The van der Waals surface area contributed by atoms with Gasteiger partial charge in [-0.1, -0.05) is 0 Å².